The zero-order valence-electron chi connectivity index (χ0n) is 11.4. The molecule has 1 rings (SSSR count). The second-order valence-electron chi connectivity index (χ2n) is 4.46. The van der Waals surface area contributed by atoms with Crippen molar-refractivity contribution in [3.8, 4) is 5.75 Å². The number of aliphatic hydroxyl groups is 1. The summed E-state index contributed by atoms with van der Waals surface area (Å²) < 4.78 is 5.78. The molecule has 1 aromatic rings. The lowest BCUT2D eigenvalue weighted by Gasteiger charge is -2.13. The number of hydrogen-bond acceptors (Lipinski definition) is 3. The van der Waals surface area contributed by atoms with Crippen LogP contribution in [0.25, 0.3) is 0 Å². The molecule has 1 atom stereocenters. The normalized spacial score (nSPS) is 11.8. The van der Waals surface area contributed by atoms with Gasteiger partial charge in [-0.3, -0.25) is 0 Å². The first kappa shape index (κ1) is 17.2. The molecule has 0 radical (unpaired) electrons. The standard InChI is InChI=1S/C14H23NO2.ClH/c1-11-6-4-7-12(2)14(11)17-9-5-8-15-13(3)10-16;/h4,6-7,13,15-16H,5,8-10H2,1-3H3;1H/t13-;/m1./s1. The molecule has 0 bridgehead atoms. The molecule has 0 saturated heterocycles. The van der Waals surface area contributed by atoms with Crippen LogP contribution in [0.1, 0.15) is 24.5 Å². The fourth-order valence-electron chi connectivity index (χ4n) is 1.69. The molecule has 3 nitrogen and oxygen atoms in total. The maximum absolute atomic E-state index is 8.85. The number of rotatable bonds is 7. The summed E-state index contributed by atoms with van der Waals surface area (Å²) in [5, 5.41) is 12.1. The number of benzene rings is 1. The van der Waals surface area contributed by atoms with E-state index in [-0.39, 0.29) is 25.1 Å². The molecule has 104 valence electrons. The van der Waals surface area contributed by atoms with Crippen LogP contribution < -0.4 is 10.1 Å². The van der Waals surface area contributed by atoms with Crippen LogP contribution in [-0.2, 0) is 0 Å². The van der Waals surface area contributed by atoms with Crippen molar-refractivity contribution >= 4 is 12.4 Å². The van der Waals surface area contributed by atoms with Gasteiger partial charge in [-0.05, 0) is 44.9 Å². The first-order valence-corrected chi connectivity index (χ1v) is 6.18. The Balaban J connectivity index is 0.00000289. The summed E-state index contributed by atoms with van der Waals surface area (Å²) in [4.78, 5) is 0. The number of hydrogen-bond donors (Lipinski definition) is 2. The van der Waals surface area contributed by atoms with E-state index in [0.29, 0.717) is 6.61 Å². The number of nitrogens with one attached hydrogen (secondary N) is 1. The lowest BCUT2D eigenvalue weighted by molar-refractivity contribution is 0.245. The molecule has 0 saturated carbocycles. The third-order valence-electron chi connectivity index (χ3n) is 2.74. The van der Waals surface area contributed by atoms with Crippen molar-refractivity contribution in [2.45, 2.75) is 33.2 Å². The van der Waals surface area contributed by atoms with Crippen molar-refractivity contribution in [1.82, 2.24) is 5.32 Å². The van der Waals surface area contributed by atoms with Gasteiger partial charge in [0.25, 0.3) is 0 Å². The summed E-state index contributed by atoms with van der Waals surface area (Å²) in [6.07, 6.45) is 0.943. The number of para-hydroxylation sites is 1. The monoisotopic (exact) mass is 273 g/mol. The topological polar surface area (TPSA) is 41.5 Å². The summed E-state index contributed by atoms with van der Waals surface area (Å²) in [6.45, 7) is 7.84. The second kappa shape index (κ2) is 9.20. The molecular weight excluding hydrogens is 250 g/mol. The highest BCUT2D eigenvalue weighted by Gasteiger charge is 2.03. The Hall–Kier alpha value is -0.770. The third-order valence-corrected chi connectivity index (χ3v) is 2.74. The molecule has 18 heavy (non-hydrogen) atoms. The minimum absolute atomic E-state index is 0. The van der Waals surface area contributed by atoms with Crippen LogP contribution in [0.5, 0.6) is 5.75 Å². The first-order valence-electron chi connectivity index (χ1n) is 6.18. The van der Waals surface area contributed by atoms with Gasteiger partial charge < -0.3 is 15.2 Å². The molecule has 0 aliphatic carbocycles. The lowest BCUT2D eigenvalue weighted by atomic mass is 10.1. The summed E-state index contributed by atoms with van der Waals surface area (Å²) in [5.41, 5.74) is 2.36. The van der Waals surface area contributed by atoms with Gasteiger partial charge in [-0.15, -0.1) is 12.4 Å². The van der Waals surface area contributed by atoms with Gasteiger partial charge in [0.1, 0.15) is 5.75 Å². The Morgan fingerprint density at radius 2 is 1.89 bits per heavy atom. The van der Waals surface area contributed by atoms with Crippen molar-refractivity contribution in [1.29, 1.82) is 0 Å². The largest absolute Gasteiger partial charge is 0.493 e. The second-order valence-corrected chi connectivity index (χ2v) is 4.46. The maximum atomic E-state index is 8.85. The van der Waals surface area contributed by atoms with Crippen molar-refractivity contribution in [2.75, 3.05) is 19.8 Å². The van der Waals surface area contributed by atoms with E-state index in [9.17, 15) is 0 Å². The SMILES string of the molecule is Cc1cccc(C)c1OCCCN[C@H](C)CO.Cl. The first-order chi connectivity index (χ1) is 8.15. The van der Waals surface area contributed by atoms with Crippen LogP contribution >= 0.6 is 12.4 Å². The Labute approximate surface area is 116 Å². The molecule has 1 aromatic carbocycles. The Bertz CT molecular complexity index is 324. The van der Waals surface area contributed by atoms with Gasteiger partial charge in [0, 0.05) is 6.04 Å². The zero-order chi connectivity index (χ0) is 12.7. The molecule has 2 N–H and O–H groups in total. The number of ether oxygens (including phenoxy) is 1. The van der Waals surface area contributed by atoms with Crippen molar-refractivity contribution in [3.05, 3.63) is 29.3 Å². The molecule has 0 aliphatic heterocycles. The lowest BCUT2D eigenvalue weighted by Crippen LogP contribution is -2.30. The highest BCUT2D eigenvalue weighted by Crippen LogP contribution is 2.22. The number of aryl methyl sites for hydroxylation is 2. The Morgan fingerprint density at radius 1 is 1.28 bits per heavy atom. The smallest absolute Gasteiger partial charge is 0.125 e. The molecule has 4 heteroatoms. The predicted molar refractivity (Wildman–Crippen MR) is 77.8 cm³/mol. The molecule has 0 fully saturated rings. The molecular formula is C14H24ClNO2. The molecule has 0 aromatic heterocycles. The van der Waals surface area contributed by atoms with Gasteiger partial charge >= 0.3 is 0 Å². The van der Waals surface area contributed by atoms with Gasteiger partial charge in [0.15, 0.2) is 0 Å². The molecule has 0 spiro atoms. The highest BCUT2D eigenvalue weighted by molar-refractivity contribution is 5.85. The van der Waals surface area contributed by atoms with Crippen LogP contribution in [0.4, 0.5) is 0 Å². The van der Waals surface area contributed by atoms with Crippen LogP contribution in [0, 0.1) is 13.8 Å². The quantitative estimate of drug-likeness (QED) is 0.750. The van der Waals surface area contributed by atoms with Gasteiger partial charge in [-0.1, -0.05) is 18.2 Å². The van der Waals surface area contributed by atoms with E-state index < -0.39 is 0 Å². The average Bonchev–Trinajstić information content (AvgIpc) is 2.31. The van der Waals surface area contributed by atoms with Gasteiger partial charge in [0.05, 0.1) is 13.2 Å². The Kier molecular flexibility index (Phi) is 8.81. The molecule has 0 aliphatic rings. The van der Waals surface area contributed by atoms with Crippen LogP contribution in [0.3, 0.4) is 0 Å². The van der Waals surface area contributed by atoms with E-state index in [0.717, 1.165) is 18.7 Å². The van der Waals surface area contributed by atoms with E-state index in [2.05, 4.69) is 31.3 Å². The van der Waals surface area contributed by atoms with Crippen LogP contribution in [-0.4, -0.2) is 30.9 Å². The molecule has 0 unspecified atom stereocenters. The summed E-state index contributed by atoms with van der Waals surface area (Å²) in [5.74, 6) is 1.00. The fourth-order valence-corrected chi connectivity index (χ4v) is 1.69. The Morgan fingerprint density at radius 3 is 2.44 bits per heavy atom. The van der Waals surface area contributed by atoms with Crippen molar-refractivity contribution < 1.29 is 9.84 Å². The van der Waals surface area contributed by atoms with E-state index in [1.165, 1.54) is 11.1 Å². The van der Waals surface area contributed by atoms with Crippen LogP contribution in [0.15, 0.2) is 18.2 Å². The zero-order valence-corrected chi connectivity index (χ0v) is 12.2. The summed E-state index contributed by atoms with van der Waals surface area (Å²) >= 11 is 0. The van der Waals surface area contributed by atoms with E-state index in [1.807, 2.05) is 13.0 Å². The van der Waals surface area contributed by atoms with Gasteiger partial charge in [-0.25, -0.2) is 0 Å². The highest BCUT2D eigenvalue weighted by atomic mass is 35.5. The van der Waals surface area contributed by atoms with Crippen LogP contribution in [0.2, 0.25) is 0 Å². The van der Waals surface area contributed by atoms with Crippen molar-refractivity contribution in [2.24, 2.45) is 0 Å². The molecule has 0 amide bonds. The number of aliphatic hydroxyl groups excluding tert-OH is 1. The third kappa shape index (κ3) is 5.71. The maximum Gasteiger partial charge on any atom is 0.125 e. The fraction of sp³-hybridized carbons (Fsp3) is 0.571. The summed E-state index contributed by atoms with van der Waals surface area (Å²) in [7, 11) is 0. The van der Waals surface area contributed by atoms with Crippen molar-refractivity contribution in [3.63, 3.8) is 0 Å². The van der Waals surface area contributed by atoms with Gasteiger partial charge in [0.2, 0.25) is 0 Å². The number of halogens is 1. The van der Waals surface area contributed by atoms with E-state index in [1.54, 1.807) is 0 Å². The predicted octanol–water partition coefficient (Wildman–Crippen LogP) is 2.46. The van der Waals surface area contributed by atoms with E-state index in [4.69, 9.17) is 9.84 Å². The minimum Gasteiger partial charge on any atom is -0.493 e. The van der Waals surface area contributed by atoms with Gasteiger partial charge in [-0.2, -0.15) is 0 Å². The minimum atomic E-state index is 0. The summed E-state index contributed by atoms with van der Waals surface area (Å²) in [6, 6.07) is 6.33. The molecule has 0 heterocycles. The average molecular weight is 274 g/mol. The van der Waals surface area contributed by atoms with E-state index >= 15 is 0 Å².